The number of hydrogen-bond acceptors (Lipinski definition) is 4. The smallest absolute Gasteiger partial charge is 0.335 e. The quantitative estimate of drug-likeness (QED) is 0.488. The fraction of sp³-hybridized carbons (Fsp3) is 0.393. The van der Waals surface area contributed by atoms with E-state index >= 15 is 0 Å². The Kier molecular flexibility index (Phi) is 5.88. The highest BCUT2D eigenvalue weighted by Crippen LogP contribution is 2.44. The Balaban J connectivity index is 1.74. The van der Waals surface area contributed by atoms with Gasteiger partial charge < -0.3 is 4.90 Å². The molecule has 1 saturated heterocycles. The number of rotatable bonds is 3. The molecular weight excluding hydrogens is 426 g/mol. The first-order chi connectivity index (χ1) is 15.9. The highest BCUT2D eigenvalue weighted by atomic mass is 16.2. The molecule has 4 rings (SSSR count). The molecule has 34 heavy (non-hydrogen) atoms. The van der Waals surface area contributed by atoms with E-state index in [1.807, 2.05) is 26.0 Å². The summed E-state index contributed by atoms with van der Waals surface area (Å²) in [6.45, 7) is 15.0. The molecule has 178 valence electrons. The van der Waals surface area contributed by atoms with Crippen molar-refractivity contribution in [2.24, 2.45) is 0 Å². The summed E-state index contributed by atoms with van der Waals surface area (Å²) in [5.41, 5.74) is 5.60. The average molecular weight is 460 g/mol. The second-order valence-electron chi connectivity index (χ2n) is 10.4. The molecule has 0 unspecified atom stereocenters. The van der Waals surface area contributed by atoms with E-state index in [9.17, 15) is 14.4 Å². The van der Waals surface area contributed by atoms with Crippen LogP contribution in [0.1, 0.15) is 69.2 Å². The van der Waals surface area contributed by atoms with Gasteiger partial charge in [-0.2, -0.15) is 0 Å². The number of barbiturate groups is 1. The Morgan fingerprint density at radius 3 is 2.38 bits per heavy atom. The van der Waals surface area contributed by atoms with Crippen molar-refractivity contribution in [3.63, 3.8) is 0 Å². The van der Waals surface area contributed by atoms with Crippen molar-refractivity contribution in [1.29, 1.82) is 0 Å². The molecule has 1 N–H and O–H groups in total. The third-order valence-corrected chi connectivity index (χ3v) is 6.98. The Hall–Kier alpha value is -3.41. The van der Waals surface area contributed by atoms with Crippen LogP contribution >= 0.6 is 0 Å². The second-order valence-corrected chi connectivity index (χ2v) is 10.4. The molecule has 0 spiro atoms. The Labute approximate surface area is 201 Å². The largest absolute Gasteiger partial charge is 0.364 e. The molecule has 0 saturated carbocycles. The summed E-state index contributed by atoms with van der Waals surface area (Å²) in [5, 5.41) is 2.32. The lowest BCUT2D eigenvalue weighted by molar-refractivity contribution is -0.122. The van der Waals surface area contributed by atoms with Crippen molar-refractivity contribution < 1.29 is 14.4 Å². The number of benzene rings is 2. The molecule has 4 amide bonds. The molecule has 0 bridgehead atoms. The zero-order valence-electron chi connectivity index (χ0n) is 21.0. The van der Waals surface area contributed by atoms with E-state index in [0.717, 1.165) is 28.0 Å². The van der Waals surface area contributed by atoms with E-state index in [0.29, 0.717) is 17.6 Å². The molecule has 6 heteroatoms. The molecule has 0 aliphatic carbocycles. The van der Waals surface area contributed by atoms with Crippen LogP contribution in [0.15, 0.2) is 42.0 Å². The predicted octanol–water partition coefficient (Wildman–Crippen LogP) is 5.47. The molecule has 0 radical (unpaired) electrons. The van der Waals surface area contributed by atoms with Crippen LogP contribution in [0.2, 0.25) is 0 Å². The minimum Gasteiger partial charge on any atom is -0.364 e. The number of imide groups is 2. The van der Waals surface area contributed by atoms with Gasteiger partial charge >= 0.3 is 6.03 Å². The Bertz CT molecular complexity index is 1230. The van der Waals surface area contributed by atoms with Crippen LogP contribution in [0.4, 0.5) is 16.2 Å². The van der Waals surface area contributed by atoms with E-state index in [1.165, 1.54) is 11.3 Å². The third kappa shape index (κ3) is 4.02. The summed E-state index contributed by atoms with van der Waals surface area (Å²) in [6, 6.07) is 11.0. The van der Waals surface area contributed by atoms with E-state index < -0.39 is 17.8 Å². The Morgan fingerprint density at radius 1 is 1.03 bits per heavy atom. The van der Waals surface area contributed by atoms with Crippen molar-refractivity contribution in [3.8, 4) is 0 Å². The number of nitrogens with one attached hydrogen (secondary N) is 1. The molecule has 1 atom stereocenters. The van der Waals surface area contributed by atoms with Crippen LogP contribution in [0, 0.1) is 13.8 Å². The molecule has 6 nitrogen and oxygen atoms in total. The van der Waals surface area contributed by atoms with Crippen molar-refractivity contribution in [2.45, 2.75) is 72.4 Å². The summed E-state index contributed by atoms with van der Waals surface area (Å²) in [4.78, 5) is 42.0. The van der Waals surface area contributed by atoms with Gasteiger partial charge in [0, 0.05) is 17.3 Å². The lowest BCUT2D eigenvalue weighted by Gasteiger charge is -2.50. The Morgan fingerprint density at radius 2 is 1.74 bits per heavy atom. The minimum absolute atomic E-state index is 0.0345. The number of carbonyl (C=O) groups is 3. The van der Waals surface area contributed by atoms with Crippen molar-refractivity contribution >= 4 is 35.3 Å². The molecule has 2 aromatic carbocycles. The van der Waals surface area contributed by atoms with Crippen LogP contribution < -0.4 is 15.1 Å². The van der Waals surface area contributed by atoms with Gasteiger partial charge in [0.1, 0.15) is 5.57 Å². The fourth-order valence-electron chi connectivity index (χ4n) is 5.46. The topological polar surface area (TPSA) is 69.7 Å². The summed E-state index contributed by atoms with van der Waals surface area (Å²) >= 11 is 0. The summed E-state index contributed by atoms with van der Waals surface area (Å²) in [5.74, 6) is -0.957. The molecule has 1 fully saturated rings. The van der Waals surface area contributed by atoms with Crippen LogP contribution in [0.25, 0.3) is 6.08 Å². The highest BCUT2D eigenvalue weighted by molar-refractivity contribution is 6.39. The number of anilines is 2. The van der Waals surface area contributed by atoms with Gasteiger partial charge in [-0.1, -0.05) is 19.1 Å². The fourth-order valence-corrected chi connectivity index (χ4v) is 5.46. The maximum atomic E-state index is 13.3. The number of carbonyl (C=O) groups excluding carboxylic acids is 3. The standard InChI is InChI=1S/C28H33N3O3/c1-16(2)31-24-11-9-20(13-22(24)19(5)15-28(31,6)7)14-23-25(32)29-27(34)30(26(23)33)21-10-8-17(3)18(4)12-21/h8-14,16,19H,15H2,1-7H3,(H,29,32,34)/b23-14+/t19-/m0/s1. The molecule has 2 aliphatic heterocycles. The number of fused-ring (bicyclic) bond motifs is 1. The van der Waals surface area contributed by atoms with Crippen molar-refractivity contribution in [1.82, 2.24) is 5.32 Å². The van der Waals surface area contributed by atoms with Gasteiger partial charge in [-0.25, -0.2) is 9.69 Å². The van der Waals surface area contributed by atoms with Crippen molar-refractivity contribution in [3.05, 3.63) is 64.2 Å². The number of nitrogens with zero attached hydrogens (tertiary/aromatic N) is 2. The maximum Gasteiger partial charge on any atom is 0.335 e. The van der Waals surface area contributed by atoms with Crippen molar-refractivity contribution in [2.75, 3.05) is 9.80 Å². The number of hydrogen-bond donors (Lipinski definition) is 1. The van der Waals surface area contributed by atoms with Gasteiger partial charge in [0.15, 0.2) is 0 Å². The molecular formula is C28H33N3O3. The third-order valence-electron chi connectivity index (χ3n) is 6.98. The van der Waals surface area contributed by atoms with Crippen LogP contribution in [-0.2, 0) is 9.59 Å². The first-order valence-electron chi connectivity index (χ1n) is 11.8. The van der Waals surface area contributed by atoms with Gasteiger partial charge in [0.25, 0.3) is 11.8 Å². The molecule has 2 aliphatic rings. The molecule has 0 aromatic heterocycles. The number of urea groups is 1. The predicted molar refractivity (Wildman–Crippen MR) is 136 cm³/mol. The minimum atomic E-state index is -0.732. The highest BCUT2D eigenvalue weighted by Gasteiger charge is 2.39. The lowest BCUT2D eigenvalue weighted by atomic mass is 9.78. The van der Waals surface area contributed by atoms with Gasteiger partial charge in [-0.15, -0.1) is 0 Å². The maximum absolute atomic E-state index is 13.3. The van der Waals surface area contributed by atoms with Gasteiger partial charge in [-0.05, 0) is 106 Å². The van der Waals surface area contributed by atoms with E-state index in [4.69, 9.17) is 0 Å². The van der Waals surface area contributed by atoms with Gasteiger partial charge in [0.05, 0.1) is 5.69 Å². The second kappa shape index (κ2) is 8.42. The van der Waals surface area contributed by atoms with E-state index in [1.54, 1.807) is 18.2 Å². The number of amides is 4. The summed E-state index contributed by atoms with van der Waals surface area (Å²) < 4.78 is 0. The van der Waals surface area contributed by atoms with Gasteiger partial charge in [-0.3, -0.25) is 14.9 Å². The number of aryl methyl sites for hydroxylation is 2. The zero-order valence-corrected chi connectivity index (χ0v) is 21.0. The average Bonchev–Trinajstić information content (AvgIpc) is 2.73. The summed E-state index contributed by atoms with van der Waals surface area (Å²) in [7, 11) is 0. The lowest BCUT2D eigenvalue weighted by Crippen LogP contribution is -2.54. The first kappa shape index (κ1) is 23.7. The zero-order chi connectivity index (χ0) is 24.9. The normalized spacial score (nSPS) is 21.2. The van der Waals surface area contributed by atoms with Gasteiger partial charge in [0.2, 0.25) is 0 Å². The van der Waals surface area contributed by atoms with Crippen LogP contribution in [0.5, 0.6) is 0 Å². The monoisotopic (exact) mass is 459 g/mol. The van der Waals surface area contributed by atoms with Crippen LogP contribution in [-0.4, -0.2) is 29.4 Å². The van der Waals surface area contributed by atoms with Crippen LogP contribution in [0.3, 0.4) is 0 Å². The molecule has 2 aromatic rings. The summed E-state index contributed by atoms with van der Waals surface area (Å²) in [6.07, 6.45) is 2.59. The van der Waals surface area contributed by atoms with E-state index in [-0.39, 0.29) is 11.1 Å². The SMILES string of the molecule is Cc1ccc(N2C(=O)NC(=O)/C(=C\c3ccc4c(c3)[C@@H](C)CC(C)(C)N4C(C)C)C2=O)cc1C. The first-order valence-corrected chi connectivity index (χ1v) is 11.8. The van der Waals surface area contributed by atoms with E-state index in [2.05, 4.69) is 57.0 Å². The molecule has 2 heterocycles.